The minimum atomic E-state index is 0.0466. The molecule has 5 heteroatoms. The van der Waals surface area contributed by atoms with E-state index in [1.165, 1.54) is 10.5 Å². The number of carbonyl (C=O) groups excluding carboxylic acids is 1. The molecule has 1 atom stereocenters. The largest absolute Gasteiger partial charge is 0.349 e. The van der Waals surface area contributed by atoms with Crippen LogP contribution in [0.4, 0.5) is 0 Å². The van der Waals surface area contributed by atoms with E-state index >= 15 is 0 Å². The third kappa shape index (κ3) is 5.00. The number of nitrogens with one attached hydrogen (secondary N) is 2. The van der Waals surface area contributed by atoms with Crippen LogP contribution in [-0.4, -0.2) is 19.0 Å². The normalized spacial score (nSPS) is 21.2. The van der Waals surface area contributed by atoms with Crippen molar-refractivity contribution in [3.63, 3.8) is 0 Å². The molecule has 0 spiro atoms. The molecule has 0 bridgehead atoms. The predicted octanol–water partition coefficient (Wildman–Crippen LogP) is 3.67. The molecule has 3 rings (SSSR count). The van der Waals surface area contributed by atoms with Gasteiger partial charge in [-0.3, -0.25) is 4.79 Å². The molecule has 1 aliphatic heterocycles. The van der Waals surface area contributed by atoms with E-state index in [1.54, 1.807) is 0 Å². The van der Waals surface area contributed by atoms with Gasteiger partial charge in [0, 0.05) is 24.3 Å². The number of piperidine rings is 1. The van der Waals surface area contributed by atoms with Crippen molar-refractivity contribution in [2.75, 3.05) is 13.1 Å². The smallest absolute Gasteiger partial charge is 0.224 e. The molecule has 1 fully saturated rings. The predicted molar refractivity (Wildman–Crippen MR) is 107 cm³/mol. The Morgan fingerprint density at radius 3 is 2.46 bits per heavy atom. The SMILES string of the molecule is C[C@@H](NC(=O)C1CC[NH+](Cc2ccc(Cl)c(Cl)c2)CC1)c1ccccc1. The second-order valence-corrected chi connectivity index (χ2v) is 7.90. The fourth-order valence-corrected chi connectivity index (χ4v) is 3.88. The third-order valence-electron chi connectivity index (χ3n) is 5.16. The Labute approximate surface area is 165 Å². The zero-order valence-corrected chi connectivity index (χ0v) is 16.5. The minimum absolute atomic E-state index is 0.0466. The average Bonchev–Trinajstić information content (AvgIpc) is 2.66. The Morgan fingerprint density at radius 1 is 1.12 bits per heavy atom. The lowest BCUT2D eigenvalue weighted by molar-refractivity contribution is -0.919. The van der Waals surface area contributed by atoms with E-state index in [2.05, 4.69) is 17.4 Å². The van der Waals surface area contributed by atoms with E-state index in [4.69, 9.17) is 23.2 Å². The summed E-state index contributed by atoms with van der Waals surface area (Å²) in [6.07, 6.45) is 1.84. The van der Waals surface area contributed by atoms with Gasteiger partial charge in [0.05, 0.1) is 29.2 Å². The van der Waals surface area contributed by atoms with E-state index in [-0.39, 0.29) is 17.9 Å². The molecule has 2 aromatic carbocycles. The molecule has 1 amide bonds. The highest BCUT2D eigenvalue weighted by atomic mass is 35.5. The topological polar surface area (TPSA) is 33.5 Å². The van der Waals surface area contributed by atoms with Gasteiger partial charge in [0.2, 0.25) is 5.91 Å². The van der Waals surface area contributed by atoms with Crippen LogP contribution >= 0.6 is 23.2 Å². The van der Waals surface area contributed by atoms with Crippen LogP contribution in [0.5, 0.6) is 0 Å². The van der Waals surface area contributed by atoms with Crippen LogP contribution < -0.4 is 10.2 Å². The summed E-state index contributed by atoms with van der Waals surface area (Å²) in [4.78, 5) is 14.1. The number of rotatable bonds is 5. The first-order valence-corrected chi connectivity index (χ1v) is 9.91. The first-order valence-electron chi connectivity index (χ1n) is 9.15. The van der Waals surface area contributed by atoms with E-state index in [9.17, 15) is 4.79 Å². The highest BCUT2D eigenvalue weighted by Gasteiger charge is 2.28. The maximum Gasteiger partial charge on any atom is 0.224 e. The molecular weight excluding hydrogens is 367 g/mol. The average molecular weight is 392 g/mol. The lowest BCUT2D eigenvalue weighted by Crippen LogP contribution is -3.11. The van der Waals surface area contributed by atoms with Crippen LogP contribution in [0.3, 0.4) is 0 Å². The Kier molecular flexibility index (Phi) is 6.58. The summed E-state index contributed by atoms with van der Waals surface area (Å²) in [6.45, 7) is 4.96. The molecule has 1 saturated heterocycles. The quantitative estimate of drug-likeness (QED) is 0.800. The fraction of sp³-hybridized carbons (Fsp3) is 0.381. The Morgan fingerprint density at radius 2 is 1.81 bits per heavy atom. The molecule has 2 aromatic rings. The summed E-state index contributed by atoms with van der Waals surface area (Å²) in [5.41, 5.74) is 2.33. The molecule has 0 unspecified atom stereocenters. The van der Waals surface area contributed by atoms with Crippen molar-refractivity contribution >= 4 is 29.1 Å². The van der Waals surface area contributed by atoms with Gasteiger partial charge in [0.15, 0.2) is 0 Å². The number of hydrogen-bond acceptors (Lipinski definition) is 1. The van der Waals surface area contributed by atoms with Crippen molar-refractivity contribution in [2.45, 2.75) is 32.4 Å². The summed E-state index contributed by atoms with van der Waals surface area (Å²) in [5, 5.41) is 4.36. The molecular formula is C21H25Cl2N2O+. The first kappa shape index (κ1) is 19.2. The molecule has 2 N–H and O–H groups in total. The van der Waals surface area contributed by atoms with Crippen LogP contribution in [0.15, 0.2) is 48.5 Å². The number of quaternary nitrogens is 1. The van der Waals surface area contributed by atoms with Crippen LogP contribution in [0, 0.1) is 5.92 Å². The second kappa shape index (κ2) is 8.90. The number of likely N-dealkylation sites (tertiary alicyclic amines) is 1. The van der Waals surface area contributed by atoms with Crippen molar-refractivity contribution in [3.8, 4) is 0 Å². The maximum absolute atomic E-state index is 12.6. The summed E-state index contributed by atoms with van der Waals surface area (Å²) >= 11 is 12.1. The van der Waals surface area contributed by atoms with Gasteiger partial charge in [-0.25, -0.2) is 0 Å². The molecule has 1 heterocycles. The van der Waals surface area contributed by atoms with Gasteiger partial charge in [-0.1, -0.05) is 59.6 Å². The monoisotopic (exact) mass is 391 g/mol. The van der Waals surface area contributed by atoms with Crippen LogP contribution in [0.25, 0.3) is 0 Å². The van der Waals surface area contributed by atoms with Crippen molar-refractivity contribution < 1.29 is 9.69 Å². The Bertz CT molecular complexity index is 743. The molecule has 1 aliphatic rings. The highest BCUT2D eigenvalue weighted by molar-refractivity contribution is 6.42. The molecule has 3 nitrogen and oxygen atoms in total. The van der Waals surface area contributed by atoms with Gasteiger partial charge >= 0.3 is 0 Å². The van der Waals surface area contributed by atoms with Crippen molar-refractivity contribution in [2.24, 2.45) is 5.92 Å². The maximum atomic E-state index is 12.6. The summed E-state index contributed by atoms with van der Waals surface area (Å²) in [6, 6.07) is 16.0. The lowest BCUT2D eigenvalue weighted by Gasteiger charge is -2.29. The second-order valence-electron chi connectivity index (χ2n) is 7.09. The fourth-order valence-electron chi connectivity index (χ4n) is 3.56. The number of amides is 1. The van der Waals surface area contributed by atoms with Crippen molar-refractivity contribution in [3.05, 3.63) is 69.7 Å². The van der Waals surface area contributed by atoms with Crippen molar-refractivity contribution in [1.29, 1.82) is 0 Å². The Balaban J connectivity index is 1.48. The molecule has 0 aromatic heterocycles. The number of carbonyl (C=O) groups is 1. The van der Waals surface area contributed by atoms with Gasteiger partial charge < -0.3 is 10.2 Å². The highest BCUT2D eigenvalue weighted by Crippen LogP contribution is 2.22. The zero-order valence-electron chi connectivity index (χ0n) is 15.0. The molecule has 0 radical (unpaired) electrons. The van der Waals surface area contributed by atoms with Crippen LogP contribution in [0.2, 0.25) is 10.0 Å². The van der Waals surface area contributed by atoms with E-state index in [0.29, 0.717) is 10.0 Å². The minimum Gasteiger partial charge on any atom is -0.349 e. The number of hydrogen-bond donors (Lipinski definition) is 2. The zero-order chi connectivity index (χ0) is 18.5. The van der Waals surface area contributed by atoms with Gasteiger partial charge in [-0.2, -0.15) is 0 Å². The third-order valence-corrected chi connectivity index (χ3v) is 5.90. The number of halogens is 2. The van der Waals surface area contributed by atoms with Crippen LogP contribution in [0.1, 0.15) is 36.9 Å². The summed E-state index contributed by atoms with van der Waals surface area (Å²) < 4.78 is 0. The summed E-state index contributed by atoms with van der Waals surface area (Å²) in [7, 11) is 0. The van der Waals surface area contributed by atoms with Gasteiger partial charge in [-0.15, -0.1) is 0 Å². The van der Waals surface area contributed by atoms with E-state index in [1.807, 2.05) is 43.3 Å². The van der Waals surface area contributed by atoms with Gasteiger partial charge in [0.1, 0.15) is 6.54 Å². The van der Waals surface area contributed by atoms with E-state index < -0.39 is 0 Å². The molecule has 0 aliphatic carbocycles. The first-order chi connectivity index (χ1) is 12.5. The molecule has 138 valence electrons. The number of benzene rings is 2. The lowest BCUT2D eigenvalue weighted by atomic mass is 9.95. The molecule has 26 heavy (non-hydrogen) atoms. The summed E-state index contributed by atoms with van der Waals surface area (Å²) in [5.74, 6) is 0.286. The molecule has 0 saturated carbocycles. The van der Waals surface area contributed by atoms with Gasteiger partial charge in [0.25, 0.3) is 0 Å². The van der Waals surface area contributed by atoms with Crippen molar-refractivity contribution in [1.82, 2.24) is 5.32 Å². The Hall–Kier alpha value is -1.55. The van der Waals surface area contributed by atoms with Gasteiger partial charge in [-0.05, 0) is 24.6 Å². The van der Waals surface area contributed by atoms with Crippen LogP contribution in [-0.2, 0) is 11.3 Å². The van der Waals surface area contributed by atoms with E-state index in [0.717, 1.165) is 38.0 Å². The standard InChI is InChI=1S/C21H24Cl2N2O/c1-15(17-5-3-2-4-6-17)24-21(26)18-9-11-25(12-10-18)14-16-7-8-19(22)20(23)13-16/h2-8,13,15,18H,9-12,14H2,1H3,(H,24,26)/p+1/t15-/m1/s1.